The molecule has 0 aromatic rings. The van der Waals surface area contributed by atoms with Crippen LogP contribution in [-0.4, -0.2) is 49.5 Å². The van der Waals surface area contributed by atoms with Crippen LogP contribution < -0.4 is 5.73 Å². The van der Waals surface area contributed by atoms with Gasteiger partial charge in [-0.3, -0.25) is 0 Å². The van der Waals surface area contributed by atoms with E-state index in [9.17, 15) is 5.11 Å². The molecule has 1 rings (SSSR count). The van der Waals surface area contributed by atoms with E-state index in [1.807, 2.05) is 13.8 Å². The third-order valence-electron chi connectivity index (χ3n) is 2.48. The molecule has 0 aliphatic carbocycles. The first kappa shape index (κ1) is 11.9. The van der Waals surface area contributed by atoms with Gasteiger partial charge < -0.3 is 25.1 Å². The lowest BCUT2D eigenvalue weighted by atomic mass is 9.98. The van der Waals surface area contributed by atoms with E-state index in [1.54, 1.807) is 0 Å². The maximum absolute atomic E-state index is 9.83. The zero-order chi connectivity index (χ0) is 10.7. The predicted octanol–water partition coefficient (Wildman–Crippen LogP) is -0.529. The van der Waals surface area contributed by atoms with Crippen molar-refractivity contribution in [1.29, 1.82) is 0 Å². The van der Waals surface area contributed by atoms with Crippen LogP contribution in [0.25, 0.3) is 0 Å². The van der Waals surface area contributed by atoms with Crippen molar-refractivity contribution in [3.63, 3.8) is 0 Å². The topological polar surface area (TPSA) is 73.9 Å². The number of methoxy groups -OCH3 is 1. The van der Waals surface area contributed by atoms with Gasteiger partial charge in [0.1, 0.15) is 12.2 Å². The second-order valence-electron chi connectivity index (χ2n) is 3.43. The lowest BCUT2D eigenvalue weighted by Gasteiger charge is -2.41. The molecule has 1 aliphatic heterocycles. The Morgan fingerprint density at radius 3 is 2.64 bits per heavy atom. The summed E-state index contributed by atoms with van der Waals surface area (Å²) < 4.78 is 15.9. The number of aliphatic hydroxyl groups excluding tert-OH is 1. The molecule has 3 N–H and O–H groups in total. The van der Waals surface area contributed by atoms with Crippen LogP contribution in [0.1, 0.15) is 13.8 Å². The Balaban J connectivity index is 2.67. The number of hydrogen-bond acceptors (Lipinski definition) is 5. The highest BCUT2D eigenvalue weighted by molar-refractivity contribution is 4.90. The van der Waals surface area contributed by atoms with E-state index in [2.05, 4.69) is 0 Å². The Kier molecular flexibility index (Phi) is 4.28. The van der Waals surface area contributed by atoms with Crippen LogP contribution in [0.4, 0.5) is 0 Å². The summed E-state index contributed by atoms with van der Waals surface area (Å²) in [6.07, 6.45) is -2.02. The minimum absolute atomic E-state index is 0.230. The molecule has 5 heteroatoms. The van der Waals surface area contributed by atoms with E-state index in [4.69, 9.17) is 19.9 Å². The largest absolute Gasteiger partial charge is 0.388 e. The molecule has 5 nitrogen and oxygen atoms in total. The van der Waals surface area contributed by atoms with Gasteiger partial charge in [0, 0.05) is 13.7 Å². The number of ether oxygens (including phenoxy) is 3. The number of nitrogens with two attached hydrogens (primary N) is 1. The van der Waals surface area contributed by atoms with E-state index in [0.717, 1.165) is 0 Å². The smallest absolute Gasteiger partial charge is 0.186 e. The van der Waals surface area contributed by atoms with Gasteiger partial charge in [-0.05, 0) is 13.8 Å². The molecule has 84 valence electrons. The lowest BCUT2D eigenvalue weighted by molar-refractivity contribution is -0.271. The highest BCUT2D eigenvalue weighted by Crippen LogP contribution is 2.22. The number of aliphatic hydroxyl groups is 1. The van der Waals surface area contributed by atoms with Gasteiger partial charge in [0.05, 0.1) is 12.1 Å². The molecule has 0 saturated carbocycles. The molecule has 0 radical (unpaired) electrons. The Morgan fingerprint density at radius 2 is 2.14 bits per heavy atom. The quantitative estimate of drug-likeness (QED) is 0.648. The van der Waals surface area contributed by atoms with E-state index in [1.165, 1.54) is 7.11 Å². The predicted molar refractivity (Wildman–Crippen MR) is 50.7 cm³/mol. The first-order chi connectivity index (χ1) is 6.61. The second-order valence-corrected chi connectivity index (χ2v) is 3.43. The van der Waals surface area contributed by atoms with Crippen molar-refractivity contribution < 1.29 is 19.3 Å². The fourth-order valence-corrected chi connectivity index (χ4v) is 1.60. The average molecular weight is 205 g/mol. The van der Waals surface area contributed by atoms with Crippen LogP contribution in [0, 0.1) is 0 Å². The molecule has 0 aromatic heterocycles. The van der Waals surface area contributed by atoms with Crippen LogP contribution >= 0.6 is 0 Å². The van der Waals surface area contributed by atoms with Crippen LogP contribution in [-0.2, 0) is 14.2 Å². The highest BCUT2D eigenvalue weighted by Gasteiger charge is 2.42. The van der Waals surface area contributed by atoms with Crippen molar-refractivity contribution >= 4 is 0 Å². The van der Waals surface area contributed by atoms with Gasteiger partial charge in [0.15, 0.2) is 6.29 Å². The summed E-state index contributed by atoms with van der Waals surface area (Å²) in [6, 6.07) is -0.432. The van der Waals surface area contributed by atoms with Gasteiger partial charge in [0.2, 0.25) is 0 Å². The molecule has 14 heavy (non-hydrogen) atoms. The van der Waals surface area contributed by atoms with Crippen LogP contribution in [0.15, 0.2) is 0 Å². The van der Waals surface area contributed by atoms with E-state index < -0.39 is 24.5 Å². The van der Waals surface area contributed by atoms with Crippen molar-refractivity contribution in [3.05, 3.63) is 0 Å². The average Bonchev–Trinajstić information content (AvgIpc) is 2.19. The van der Waals surface area contributed by atoms with Crippen molar-refractivity contribution in [3.8, 4) is 0 Å². The fraction of sp³-hybridized carbons (Fsp3) is 1.00. The monoisotopic (exact) mass is 205 g/mol. The normalized spacial score (nSPS) is 43.9. The van der Waals surface area contributed by atoms with E-state index in [0.29, 0.717) is 6.61 Å². The zero-order valence-corrected chi connectivity index (χ0v) is 8.84. The van der Waals surface area contributed by atoms with Gasteiger partial charge in [-0.2, -0.15) is 0 Å². The molecule has 0 aromatic carbocycles. The Bertz CT molecular complexity index is 176. The Labute approximate surface area is 84.1 Å². The Morgan fingerprint density at radius 1 is 1.50 bits per heavy atom. The number of rotatable bonds is 3. The molecule has 5 atom stereocenters. The first-order valence-corrected chi connectivity index (χ1v) is 4.85. The summed E-state index contributed by atoms with van der Waals surface area (Å²) in [4.78, 5) is 0. The molecule has 0 spiro atoms. The van der Waals surface area contributed by atoms with Gasteiger partial charge >= 0.3 is 0 Å². The maximum atomic E-state index is 9.83. The van der Waals surface area contributed by atoms with Crippen LogP contribution in [0.3, 0.4) is 0 Å². The van der Waals surface area contributed by atoms with Crippen molar-refractivity contribution in [1.82, 2.24) is 0 Å². The summed E-state index contributed by atoms with van der Waals surface area (Å²) in [6.45, 7) is 4.15. The SMILES string of the molecule is CCO[C@@H]1[C@@H](OC)O[C@H](C)[C@@H](N)[C@@H]1O. The van der Waals surface area contributed by atoms with Gasteiger partial charge in [0.25, 0.3) is 0 Å². The summed E-state index contributed by atoms with van der Waals surface area (Å²) in [5.74, 6) is 0. The lowest BCUT2D eigenvalue weighted by Crippen LogP contribution is -2.61. The van der Waals surface area contributed by atoms with Gasteiger partial charge in [-0.25, -0.2) is 0 Å². The molecule has 0 amide bonds. The Hall–Kier alpha value is -0.200. The first-order valence-electron chi connectivity index (χ1n) is 4.85. The molecule has 0 unspecified atom stereocenters. The molecule has 1 heterocycles. The molecule has 1 saturated heterocycles. The summed E-state index contributed by atoms with van der Waals surface area (Å²) in [5.41, 5.74) is 5.75. The molecule has 1 fully saturated rings. The third kappa shape index (κ3) is 2.24. The van der Waals surface area contributed by atoms with Crippen LogP contribution in [0.2, 0.25) is 0 Å². The summed E-state index contributed by atoms with van der Waals surface area (Å²) in [5, 5.41) is 9.83. The summed E-state index contributed by atoms with van der Waals surface area (Å²) in [7, 11) is 1.52. The van der Waals surface area contributed by atoms with E-state index >= 15 is 0 Å². The van der Waals surface area contributed by atoms with Gasteiger partial charge in [-0.1, -0.05) is 0 Å². The fourth-order valence-electron chi connectivity index (χ4n) is 1.60. The maximum Gasteiger partial charge on any atom is 0.186 e. The second kappa shape index (κ2) is 5.04. The molecular weight excluding hydrogens is 186 g/mol. The van der Waals surface area contributed by atoms with Crippen molar-refractivity contribution in [2.45, 2.75) is 44.5 Å². The minimum atomic E-state index is -0.747. The zero-order valence-electron chi connectivity index (χ0n) is 8.84. The molecular formula is C9H19NO4. The van der Waals surface area contributed by atoms with Crippen molar-refractivity contribution in [2.24, 2.45) is 5.73 Å². The standard InChI is InChI=1S/C9H19NO4/c1-4-13-8-7(11)6(10)5(2)14-9(8)12-3/h5-9,11H,4,10H2,1-3H3/t5-,6-,7+,8+,9+/m1/s1. The molecule has 0 bridgehead atoms. The van der Waals surface area contributed by atoms with Crippen molar-refractivity contribution in [2.75, 3.05) is 13.7 Å². The highest BCUT2D eigenvalue weighted by atomic mass is 16.7. The van der Waals surface area contributed by atoms with E-state index in [-0.39, 0.29) is 6.10 Å². The summed E-state index contributed by atoms with van der Waals surface area (Å²) >= 11 is 0. The molecule has 1 aliphatic rings. The minimum Gasteiger partial charge on any atom is -0.388 e. The number of hydrogen-bond donors (Lipinski definition) is 2. The van der Waals surface area contributed by atoms with Crippen LogP contribution in [0.5, 0.6) is 0 Å². The van der Waals surface area contributed by atoms with Gasteiger partial charge in [-0.15, -0.1) is 0 Å². The third-order valence-corrected chi connectivity index (χ3v) is 2.48.